The molecule has 2 N–H and O–H groups in total. The lowest BCUT2D eigenvalue weighted by Gasteiger charge is -2.21. The standard InChI is InChI=1S/C13H13N3O3/c17-10-3-1-2-8(6-10)12-15-14-11-5-4-9(13(18)19)7-16(11)12/h1-3,6,9,17H,4-5,7H2,(H,18,19). The van der Waals surface area contributed by atoms with Crippen molar-refractivity contribution in [1.29, 1.82) is 0 Å². The largest absolute Gasteiger partial charge is 0.508 e. The molecule has 1 aliphatic rings. The first-order chi connectivity index (χ1) is 9.15. The van der Waals surface area contributed by atoms with E-state index in [0.29, 0.717) is 25.2 Å². The van der Waals surface area contributed by atoms with Crippen LogP contribution in [-0.2, 0) is 17.8 Å². The first kappa shape index (κ1) is 11.7. The molecule has 19 heavy (non-hydrogen) atoms. The number of carbonyl (C=O) groups is 1. The summed E-state index contributed by atoms with van der Waals surface area (Å²) in [7, 11) is 0. The molecule has 1 atom stereocenters. The van der Waals surface area contributed by atoms with Gasteiger partial charge in [0.25, 0.3) is 0 Å². The summed E-state index contributed by atoms with van der Waals surface area (Å²) in [5, 5.41) is 26.8. The lowest BCUT2D eigenvalue weighted by molar-refractivity contribution is -0.142. The number of phenolic OH excluding ortho intramolecular Hbond substituents is 1. The van der Waals surface area contributed by atoms with Gasteiger partial charge in [-0.2, -0.15) is 0 Å². The number of hydrogen-bond donors (Lipinski definition) is 2. The number of carboxylic acid groups (broad SMARTS) is 1. The average Bonchev–Trinajstić information content (AvgIpc) is 2.81. The van der Waals surface area contributed by atoms with E-state index in [0.717, 1.165) is 11.4 Å². The Morgan fingerprint density at radius 3 is 2.95 bits per heavy atom. The Hall–Kier alpha value is -2.37. The fourth-order valence-corrected chi connectivity index (χ4v) is 2.39. The minimum atomic E-state index is -0.791. The minimum absolute atomic E-state index is 0.153. The van der Waals surface area contributed by atoms with Crippen molar-refractivity contribution in [2.75, 3.05) is 0 Å². The summed E-state index contributed by atoms with van der Waals surface area (Å²) in [4.78, 5) is 11.1. The minimum Gasteiger partial charge on any atom is -0.508 e. The molecule has 0 bridgehead atoms. The summed E-state index contributed by atoms with van der Waals surface area (Å²) in [5.41, 5.74) is 0.741. The maximum Gasteiger partial charge on any atom is 0.308 e. The smallest absolute Gasteiger partial charge is 0.308 e. The van der Waals surface area contributed by atoms with Crippen LogP contribution in [0.4, 0.5) is 0 Å². The SMILES string of the molecule is O=C(O)C1CCc2nnc(-c3cccc(O)c3)n2C1. The van der Waals surface area contributed by atoms with Crippen LogP contribution in [0.25, 0.3) is 11.4 Å². The van der Waals surface area contributed by atoms with Crippen molar-refractivity contribution in [3.63, 3.8) is 0 Å². The molecule has 0 fully saturated rings. The summed E-state index contributed by atoms with van der Waals surface area (Å²) in [6.45, 7) is 0.378. The molecule has 1 unspecified atom stereocenters. The number of benzene rings is 1. The molecule has 0 radical (unpaired) electrons. The van der Waals surface area contributed by atoms with Gasteiger partial charge >= 0.3 is 5.97 Å². The van der Waals surface area contributed by atoms with Crippen molar-refractivity contribution in [2.24, 2.45) is 5.92 Å². The van der Waals surface area contributed by atoms with E-state index in [1.54, 1.807) is 18.2 Å². The number of nitrogens with zero attached hydrogens (tertiary/aromatic N) is 3. The van der Waals surface area contributed by atoms with Crippen LogP contribution in [0.5, 0.6) is 5.75 Å². The highest BCUT2D eigenvalue weighted by Crippen LogP contribution is 2.27. The molecule has 0 saturated carbocycles. The first-order valence-corrected chi connectivity index (χ1v) is 6.09. The van der Waals surface area contributed by atoms with E-state index in [9.17, 15) is 9.90 Å². The third kappa shape index (κ3) is 2.05. The van der Waals surface area contributed by atoms with Gasteiger partial charge in [-0.25, -0.2) is 0 Å². The topological polar surface area (TPSA) is 88.2 Å². The third-order valence-electron chi connectivity index (χ3n) is 3.40. The molecular formula is C13H13N3O3. The summed E-state index contributed by atoms with van der Waals surface area (Å²) in [5.74, 6) is 0.369. The molecule has 1 aromatic carbocycles. The number of hydrogen-bond acceptors (Lipinski definition) is 4. The van der Waals surface area contributed by atoms with Gasteiger partial charge in [-0.15, -0.1) is 10.2 Å². The number of aromatic hydroxyl groups is 1. The lowest BCUT2D eigenvalue weighted by Crippen LogP contribution is -2.27. The Bertz CT molecular complexity index is 636. The quantitative estimate of drug-likeness (QED) is 0.848. The van der Waals surface area contributed by atoms with Gasteiger partial charge in [0, 0.05) is 18.5 Å². The second-order valence-electron chi connectivity index (χ2n) is 4.67. The van der Waals surface area contributed by atoms with Crippen LogP contribution in [0, 0.1) is 5.92 Å². The second-order valence-corrected chi connectivity index (χ2v) is 4.67. The van der Waals surface area contributed by atoms with Crippen LogP contribution in [0.1, 0.15) is 12.2 Å². The van der Waals surface area contributed by atoms with Crippen molar-refractivity contribution in [3.8, 4) is 17.1 Å². The zero-order chi connectivity index (χ0) is 13.4. The lowest BCUT2D eigenvalue weighted by atomic mass is 9.99. The molecule has 2 heterocycles. The Kier molecular flexibility index (Phi) is 2.70. The fourth-order valence-electron chi connectivity index (χ4n) is 2.39. The highest BCUT2D eigenvalue weighted by molar-refractivity contribution is 5.70. The number of aromatic nitrogens is 3. The molecule has 0 spiro atoms. The Morgan fingerprint density at radius 1 is 1.37 bits per heavy atom. The number of fused-ring (bicyclic) bond motifs is 1. The van der Waals surface area contributed by atoms with E-state index < -0.39 is 11.9 Å². The zero-order valence-corrected chi connectivity index (χ0v) is 10.2. The number of aliphatic carboxylic acids is 1. The molecule has 1 aliphatic heterocycles. The molecular weight excluding hydrogens is 246 g/mol. The molecule has 2 aromatic rings. The van der Waals surface area contributed by atoms with Crippen molar-refractivity contribution < 1.29 is 15.0 Å². The van der Waals surface area contributed by atoms with Gasteiger partial charge in [-0.3, -0.25) is 4.79 Å². The van der Waals surface area contributed by atoms with E-state index >= 15 is 0 Å². The van der Waals surface area contributed by atoms with Gasteiger partial charge in [0.15, 0.2) is 5.82 Å². The van der Waals surface area contributed by atoms with Crippen LogP contribution in [-0.4, -0.2) is 30.9 Å². The molecule has 3 rings (SSSR count). The maximum atomic E-state index is 11.1. The van der Waals surface area contributed by atoms with Crippen LogP contribution in [0.3, 0.4) is 0 Å². The molecule has 98 valence electrons. The Labute approximate surface area is 109 Å². The summed E-state index contributed by atoms with van der Waals surface area (Å²) >= 11 is 0. The number of carboxylic acids is 1. The Balaban J connectivity index is 2.01. The van der Waals surface area contributed by atoms with E-state index in [1.165, 1.54) is 0 Å². The van der Waals surface area contributed by atoms with Crippen molar-refractivity contribution in [3.05, 3.63) is 30.1 Å². The third-order valence-corrected chi connectivity index (χ3v) is 3.40. The van der Waals surface area contributed by atoms with Crippen molar-refractivity contribution >= 4 is 5.97 Å². The molecule has 6 nitrogen and oxygen atoms in total. The zero-order valence-electron chi connectivity index (χ0n) is 10.2. The predicted molar refractivity (Wildman–Crippen MR) is 66.6 cm³/mol. The van der Waals surface area contributed by atoms with Gasteiger partial charge in [-0.1, -0.05) is 12.1 Å². The summed E-state index contributed by atoms with van der Waals surface area (Å²) < 4.78 is 1.83. The van der Waals surface area contributed by atoms with Gasteiger partial charge in [0.05, 0.1) is 5.92 Å². The van der Waals surface area contributed by atoms with Crippen LogP contribution in [0.15, 0.2) is 24.3 Å². The number of rotatable bonds is 2. The number of aryl methyl sites for hydroxylation is 1. The van der Waals surface area contributed by atoms with Crippen LogP contribution in [0.2, 0.25) is 0 Å². The highest BCUT2D eigenvalue weighted by Gasteiger charge is 2.27. The molecule has 0 saturated heterocycles. The highest BCUT2D eigenvalue weighted by atomic mass is 16.4. The average molecular weight is 259 g/mol. The van der Waals surface area contributed by atoms with Gasteiger partial charge < -0.3 is 14.8 Å². The second kappa shape index (κ2) is 4.38. The van der Waals surface area contributed by atoms with E-state index in [-0.39, 0.29) is 5.75 Å². The van der Waals surface area contributed by atoms with Crippen LogP contribution >= 0.6 is 0 Å². The molecule has 6 heteroatoms. The van der Waals surface area contributed by atoms with Crippen molar-refractivity contribution in [1.82, 2.24) is 14.8 Å². The monoisotopic (exact) mass is 259 g/mol. The van der Waals surface area contributed by atoms with E-state index in [2.05, 4.69) is 10.2 Å². The fraction of sp³-hybridized carbons (Fsp3) is 0.308. The van der Waals surface area contributed by atoms with Crippen molar-refractivity contribution in [2.45, 2.75) is 19.4 Å². The van der Waals surface area contributed by atoms with E-state index in [1.807, 2.05) is 10.6 Å². The van der Waals surface area contributed by atoms with Crippen LogP contribution < -0.4 is 0 Å². The predicted octanol–water partition coefficient (Wildman–Crippen LogP) is 1.30. The normalized spacial score (nSPS) is 18.0. The maximum absolute atomic E-state index is 11.1. The van der Waals surface area contributed by atoms with Gasteiger partial charge in [0.2, 0.25) is 0 Å². The first-order valence-electron chi connectivity index (χ1n) is 6.09. The molecule has 1 aromatic heterocycles. The number of phenols is 1. The Morgan fingerprint density at radius 2 is 2.21 bits per heavy atom. The molecule has 0 aliphatic carbocycles. The summed E-state index contributed by atoms with van der Waals surface area (Å²) in [6, 6.07) is 6.73. The van der Waals surface area contributed by atoms with E-state index in [4.69, 9.17) is 5.11 Å². The summed E-state index contributed by atoms with van der Waals surface area (Å²) in [6.07, 6.45) is 1.20. The van der Waals surface area contributed by atoms with Gasteiger partial charge in [-0.05, 0) is 18.6 Å². The molecule has 0 amide bonds. The van der Waals surface area contributed by atoms with Gasteiger partial charge in [0.1, 0.15) is 11.6 Å².